The molecule has 3 nitrogen and oxygen atoms in total. The van der Waals surface area contributed by atoms with E-state index in [4.69, 9.17) is 5.73 Å². The molecule has 1 aromatic carbocycles. The Morgan fingerprint density at radius 2 is 2.19 bits per heavy atom. The number of hydrogen-bond acceptors (Lipinski definition) is 4. The molecule has 0 fully saturated rings. The number of nitrogens with two attached hydrogens (primary N) is 1. The predicted molar refractivity (Wildman–Crippen MR) is 86.9 cm³/mol. The van der Waals surface area contributed by atoms with E-state index in [0.29, 0.717) is 11.9 Å². The van der Waals surface area contributed by atoms with Crippen molar-refractivity contribution in [1.29, 1.82) is 0 Å². The van der Waals surface area contributed by atoms with Gasteiger partial charge in [-0.2, -0.15) is 0 Å². The highest BCUT2D eigenvalue weighted by molar-refractivity contribution is 7.99. The van der Waals surface area contributed by atoms with Gasteiger partial charge in [-0.3, -0.25) is 0 Å². The maximum atomic E-state index is 13.2. The zero-order chi connectivity index (χ0) is 15.1. The summed E-state index contributed by atoms with van der Waals surface area (Å²) in [4.78, 5) is 4.96. The standard InChI is InChI=1S/C16H20FN3S/c1-2-19-14(8-12-6-7-20-16(18)9-12)11-21-15-5-3-4-13(17)10-15/h3-7,9-10,14,19H,2,8,11H2,1H3,(H2,18,20). The summed E-state index contributed by atoms with van der Waals surface area (Å²) in [6.07, 6.45) is 2.61. The molecule has 1 atom stereocenters. The van der Waals surface area contributed by atoms with Crippen molar-refractivity contribution in [3.63, 3.8) is 0 Å². The molecule has 1 heterocycles. The Hall–Kier alpha value is -1.59. The normalized spacial score (nSPS) is 12.3. The fraction of sp³-hybridized carbons (Fsp3) is 0.312. The van der Waals surface area contributed by atoms with Crippen molar-refractivity contribution >= 4 is 17.6 Å². The molecule has 3 N–H and O–H groups in total. The van der Waals surface area contributed by atoms with Gasteiger partial charge < -0.3 is 11.1 Å². The van der Waals surface area contributed by atoms with E-state index in [1.807, 2.05) is 18.2 Å². The van der Waals surface area contributed by atoms with Crippen LogP contribution in [0.4, 0.5) is 10.2 Å². The first-order valence-electron chi connectivity index (χ1n) is 6.99. The van der Waals surface area contributed by atoms with Crippen molar-refractivity contribution < 1.29 is 4.39 Å². The largest absolute Gasteiger partial charge is 0.384 e. The molecule has 5 heteroatoms. The van der Waals surface area contributed by atoms with E-state index in [-0.39, 0.29) is 5.82 Å². The molecule has 0 aliphatic rings. The highest BCUT2D eigenvalue weighted by Crippen LogP contribution is 2.20. The average molecular weight is 305 g/mol. The number of benzene rings is 1. The van der Waals surface area contributed by atoms with Gasteiger partial charge in [0, 0.05) is 22.9 Å². The van der Waals surface area contributed by atoms with Crippen LogP contribution in [0.15, 0.2) is 47.5 Å². The molecule has 1 unspecified atom stereocenters. The Balaban J connectivity index is 1.95. The van der Waals surface area contributed by atoms with E-state index in [9.17, 15) is 4.39 Å². The first kappa shape index (κ1) is 15.8. The maximum absolute atomic E-state index is 13.2. The van der Waals surface area contributed by atoms with Crippen LogP contribution in [0.25, 0.3) is 0 Å². The summed E-state index contributed by atoms with van der Waals surface area (Å²) in [5.74, 6) is 1.22. The minimum absolute atomic E-state index is 0.193. The van der Waals surface area contributed by atoms with Gasteiger partial charge in [0.25, 0.3) is 0 Å². The third kappa shape index (κ3) is 5.36. The molecular formula is C16H20FN3S. The zero-order valence-corrected chi connectivity index (χ0v) is 12.9. The van der Waals surface area contributed by atoms with Crippen molar-refractivity contribution in [1.82, 2.24) is 10.3 Å². The van der Waals surface area contributed by atoms with Gasteiger partial charge in [-0.1, -0.05) is 13.0 Å². The molecule has 1 aromatic heterocycles. The van der Waals surface area contributed by atoms with E-state index in [2.05, 4.69) is 17.2 Å². The quantitative estimate of drug-likeness (QED) is 0.772. The average Bonchev–Trinajstić information content (AvgIpc) is 2.45. The summed E-state index contributed by atoms with van der Waals surface area (Å²) in [7, 11) is 0. The molecule has 0 amide bonds. The Bertz CT molecular complexity index is 577. The van der Waals surface area contributed by atoms with E-state index in [1.165, 1.54) is 6.07 Å². The number of thioether (sulfide) groups is 1. The second-order valence-corrected chi connectivity index (χ2v) is 5.91. The fourth-order valence-corrected chi connectivity index (χ4v) is 3.14. The van der Waals surface area contributed by atoms with Crippen molar-refractivity contribution in [2.24, 2.45) is 0 Å². The molecule has 0 bridgehead atoms. The van der Waals surface area contributed by atoms with Gasteiger partial charge >= 0.3 is 0 Å². The Morgan fingerprint density at radius 1 is 1.33 bits per heavy atom. The molecule has 0 saturated carbocycles. The second-order valence-electron chi connectivity index (χ2n) is 4.82. The molecule has 0 aliphatic carbocycles. The number of halogens is 1. The smallest absolute Gasteiger partial charge is 0.124 e. The third-order valence-corrected chi connectivity index (χ3v) is 4.22. The highest BCUT2D eigenvalue weighted by Gasteiger charge is 2.10. The first-order valence-corrected chi connectivity index (χ1v) is 7.98. The molecule has 0 aliphatic heterocycles. The molecule has 0 spiro atoms. The lowest BCUT2D eigenvalue weighted by Gasteiger charge is -2.17. The molecule has 0 saturated heterocycles. The van der Waals surface area contributed by atoms with Crippen LogP contribution in [0.3, 0.4) is 0 Å². The highest BCUT2D eigenvalue weighted by atomic mass is 32.2. The first-order chi connectivity index (χ1) is 10.2. The lowest BCUT2D eigenvalue weighted by Crippen LogP contribution is -2.33. The van der Waals surface area contributed by atoms with Gasteiger partial charge in [0.15, 0.2) is 0 Å². The number of nitrogens with zero attached hydrogens (tertiary/aromatic N) is 1. The maximum Gasteiger partial charge on any atom is 0.124 e. The van der Waals surface area contributed by atoms with Crippen molar-refractivity contribution in [3.05, 3.63) is 54.0 Å². The number of pyridine rings is 1. The SMILES string of the molecule is CCNC(CSc1cccc(F)c1)Cc1ccnc(N)c1. The van der Waals surface area contributed by atoms with E-state index >= 15 is 0 Å². The number of likely N-dealkylation sites (N-methyl/N-ethyl adjacent to an activating group) is 1. The lowest BCUT2D eigenvalue weighted by atomic mass is 10.1. The van der Waals surface area contributed by atoms with Gasteiger partial charge in [-0.05, 0) is 48.9 Å². The molecule has 112 valence electrons. The molecule has 0 radical (unpaired) electrons. The summed E-state index contributed by atoms with van der Waals surface area (Å²) in [5.41, 5.74) is 6.87. The van der Waals surface area contributed by atoms with E-state index in [0.717, 1.165) is 29.2 Å². The third-order valence-electron chi connectivity index (χ3n) is 3.07. The van der Waals surface area contributed by atoms with Crippen molar-refractivity contribution in [3.8, 4) is 0 Å². The zero-order valence-electron chi connectivity index (χ0n) is 12.1. The van der Waals surface area contributed by atoms with Gasteiger partial charge in [0.1, 0.15) is 11.6 Å². The molecule has 2 rings (SSSR count). The van der Waals surface area contributed by atoms with Crippen molar-refractivity contribution in [2.75, 3.05) is 18.0 Å². The van der Waals surface area contributed by atoms with Gasteiger partial charge in [0.2, 0.25) is 0 Å². The van der Waals surface area contributed by atoms with E-state index < -0.39 is 0 Å². The monoisotopic (exact) mass is 305 g/mol. The van der Waals surface area contributed by atoms with Crippen LogP contribution in [0, 0.1) is 5.82 Å². The summed E-state index contributed by atoms with van der Waals surface area (Å²) in [5, 5.41) is 3.46. The predicted octanol–water partition coefficient (Wildman–Crippen LogP) is 3.12. The number of anilines is 1. The number of hydrogen-bond donors (Lipinski definition) is 2. The number of aromatic nitrogens is 1. The van der Waals surface area contributed by atoms with E-state index in [1.54, 1.807) is 30.1 Å². The van der Waals surface area contributed by atoms with Crippen molar-refractivity contribution in [2.45, 2.75) is 24.3 Å². The minimum atomic E-state index is -0.193. The second kappa shape index (κ2) is 8.00. The van der Waals surface area contributed by atoms with Gasteiger partial charge in [-0.25, -0.2) is 9.37 Å². The fourth-order valence-electron chi connectivity index (χ4n) is 2.14. The summed E-state index contributed by atoms with van der Waals surface area (Å²) >= 11 is 1.66. The van der Waals surface area contributed by atoms with Gasteiger partial charge in [0.05, 0.1) is 0 Å². The minimum Gasteiger partial charge on any atom is -0.384 e. The molecule has 2 aromatic rings. The van der Waals surface area contributed by atoms with Crippen LogP contribution in [-0.4, -0.2) is 23.3 Å². The van der Waals surface area contributed by atoms with Crippen LogP contribution in [0.2, 0.25) is 0 Å². The summed E-state index contributed by atoms with van der Waals surface area (Å²) in [6, 6.07) is 10.9. The summed E-state index contributed by atoms with van der Waals surface area (Å²) in [6.45, 7) is 2.98. The number of nitrogens with one attached hydrogen (secondary N) is 1. The summed E-state index contributed by atoms with van der Waals surface area (Å²) < 4.78 is 13.2. The molecule has 21 heavy (non-hydrogen) atoms. The Morgan fingerprint density at radius 3 is 2.90 bits per heavy atom. The Kier molecular flexibility index (Phi) is 6.02. The molecular weight excluding hydrogens is 285 g/mol. The van der Waals surface area contributed by atoms with Crippen LogP contribution in [-0.2, 0) is 6.42 Å². The number of nitrogen functional groups attached to an aromatic ring is 1. The van der Waals surface area contributed by atoms with Crippen LogP contribution in [0.1, 0.15) is 12.5 Å². The van der Waals surface area contributed by atoms with Gasteiger partial charge in [-0.15, -0.1) is 11.8 Å². The van der Waals surface area contributed by atoms with Crippen LogP contribution < -0.4 is 11.1 Å². The Labute approximate surface area is 129 Å². The van der Waals surface area contributed by atoms with Crippen LogP contribution >= 0.6 is 11.8 Å². The lowest BCUT2D eigenvalue weighted by molar-refractivity contribution is 0.572. The van der Waals surface area contributed by atoms with Crippen LogP contribution in [0.5, 0.6) is 0 Å². The number of rotatable bonds is 7. The topological polar surface area (TPSA) is 50.9 Å².